The van der Waals surface area contributed by atoms with Crippen LogP contribution in [0.5, 0.6) is 0 Å². The maximum atomic E-state index is 5.59. The lowest BCUT2D eigenvalue weighted by molar-refractivity contribution is 0.213. The predicted octanol–water partition coefficient (Wildman–Crippen LogP) is 2.80. The average molecular weight is 185 g/mol. The molecule has 0 amide bonds. The molecule has 12 heavy (non-hydrogen) atoms. The zero-order chi connectivity index (χ0) is 9.03. The number of nitrogens with one attached hydrogen (secondary N) is 1. The van der Waals surface area contributed by atoms with Gasteiger partial charge in [-0.05, 0) is 45.3 Å². The van der Waals surface area contributed by atoms with Crippen LogP contribution in [0.1, 0.15) is 25.7 Å². The molecule has 2 nitrogen and oxygen atoms in total. The Kier molecular flexibility index (Phi) is 3.35. The van der Waals surface area contributed by atoms with E-state index in [9.17, 15) is 0 Å². The summed E-state index contributed by atoms with van der Waals surface area (Å²) in [5.74, 6) is 0. The van der Waals surface area contributed by atoms with Crippen molar-refractivity contribution >= 4 is 8.32 Å². The van der Waals surface area contributed by atoms with Gasteiger partial charge in [-0.15, -0.1) is 0 Å². The van der Waals surface area contributed by atoms with Crippen LogP contribution in [0.2, 0.25) is 19.6 Å². The van der Waals surface area contributed by atoms with Gasteiger partial charge in [0.05, 0.1) is 0 Å². The molecule has 0 spiro atoms. The fourth-order valence-corrected chi connectivity index (χ4v) is 1.59. The Morgan fingerprint density at radius 2 is 2.08 bits per heavy atom. The molecule has 1 N–H and O–H groups in total. The molecule has 0 aromatic carbocycles. The number of rotatable bonds is 3. The minimum atomic E-state index is -1.39. The van der Waals surface area contributed by atoms with E-state index in [4.69, 9.17) is 4.53 Å². The fraction of sp³-hybridized carbons (Fsp3) is 0.778. The van der Waals surface area contributed by atoms with Crippen molar-refractivity contribution in [1.82, 2.24) is 5.48 Å². The smallest absolute Gasteiger partial charge is 0.220 e. The summed E-state index contributed by atoms with van der Waals surface area (Å²) >= 11 is 0. The van der Waals surface area contributed by atoms with Crippen molar-refractivity contribution < 1.29 is 4.53 Å². The van der Waals surface area contributed by atoms with Crippen molar-refractivity contribution in [3.05, 3.63) is 11.8 Å². The van der Waals surface area contributed by atoms with Gasteiger partial charge >= 0.3 is 0 Å². The number of allylic oxidation sites excluding steroid dienone is 2. The fourth-order valence-electron chi connectivity index (χ4n) is 1.15. The average Bonchev–Trinajstić information content (AvgIpc) is 2.02. The Labute approximate surface area is 76.1 Å². The molecule has 0 saturated carbocycles. The summed E-state index contributed by atoms with van der Waals surface area (Å²) in [6.07, 6.45) is 7.25. The Balaban J connectivity index is 2.26. The van der Waals surface area contributed by atoms with Crippen molar-refractivity contribution in [2.24, 2.45) is 0 Å². The summed E-state index contributed by atoms with van der Waals surface area (Å²) in [6, 6.07) is 0. The van der Waals surface area contributed by atoms with E-state index in [2.05, 4.69) is 31.2 Å². The Bertz CT molecular complexity index is 172. The molecule has 0 fully saturated rings. The van der Waals surface area contributed by atoms with Crippen LogP contribution in [-0.4, -0.2) is 8.32 Å². The maximum Gasteiger partial charge on any atom is 0.220 e. The molecule has 0 aromatic rings. The van der Waals surface area contributed by atoms with Gasteiger partial charge in [-0.1, -0.05) is 6.08 Å². The highest BCUT2D eigenvalue weighted by Gasteiger charge is 2.15. The third kappa shape index (κ3) is 3.92. The topological polar surface area (TPSA) is 21.3 Å². The Morgan fingerprint density at radius 3 is 2.58 bits per heavy atom. The molecule has 3 heteroatoms. The molecule has 0 radical (unpaired) electrons. The summed E-state index contributed by atoms with van der Waals surface area (Å²) in [4.78, 5) is 0. The molecule has 0 atom stereocenters. The largest absolute Gasteiger partial charge is 0.323 e. The lowest BCUT2D eigenvalue weighted by atomic mass is 10.1. The van der Waals surface area contributed by atoms with Crippen LogP contribution in [0.4, 0.5) is 0 Å². The molecule has 1 aliphatic carbocycles. The summed E-state index contributed by atoms with van der Waals surface area (Å²) < 4.78 is 5.59. The van der Waals surface area contributed by atoms with E-state index < -0.39 is 8.32 Å². The van der Waals surface area contributed by atoms with Gasteiger partial charge in [0.1, 0.15) is 0 Å². The van der Waals surface area contributed by atoms with Gasteiger partial charge in [0.25, 0.3) is 0 Å². The maximum absolute atomic E-state index is 5.59. The van der Waals surface area contributed by atoms with Gasteiger partial charge in [-0.2, -0.15) is 0 Å². The summed E-state index contributed by atoms with van der Waals surface area (Å²) in [5, 5.41) is 0. The predicted molar refractivity (Wildman–Crippen MR) is 54.1 cm³/mol. The Morgan fingerprint density at radius 1 is 1.33 bits per heavy atom. The molecule has 1 aliphatic rings. The summed E-state index contributed by atoms with van der Waals surface area (Å²) in [6.45, 7) is 6.55. The van der Waals surface area contributed by atoms with E-state index in [0.29, 0.717) is 0 Å². The van der Waals surface area contributed by atoms with Crippen LogP contribution in [0.3, 0.4) is 0 Å². The SMILES string of the molecule is C[Si](C)(C)ONC1=CCCCC1. The highest BCUT2D eigenvalue weighted by atomic mass is 28.4. The molecule has 0 bridgehead atoms. The van der Waals surface area contributed by atoms with Crippen LogP contribution in [0, 0.1) is 0 Å². The van der Waals surface area contributed by atoms with Gasteiger partial charge in [-0.25, -0.2) is 0 Å². The third-order valence-corrected chi connectivity index (χ3v) is 2.49. The molecule has 0 heterocycles. The van der Waals surface area contributed by atoms with Gasteiger partial charge in [0.2, 0.25) is 8.32 Å². The van der Waals surface area contributed by atoms with Crippen LogP contribution >= 0.6 is 0 Å². The first kappa shape index (κ1) is 9.80. The van der Waals surface area contributed by atoms with E-state index in [-0.39, 0.29) is 0 Å². The minimum absolute atomic E-state index is 1.16. The first-order chi connectivity index (χ1) is 5.58. The highest BCUT2D eigenvalue weighted by Crippen LogP contribution is 2.15. The van der Waals surface area contributed by atoms with Gasteiger partial charge in [0.15, 0.2) is 0 Å². The van der Waals surface area contributed by atoms with Gasteiger partial charge in [-0.3, -0.25) is 5.48 Å². The third-order valence-electron chi connectivity index (χ3n) is 1.78. The van der Waals surface area contributed by atoms with Crippen molar-refractivity contribution in [1.29, 1.82) is 0 Å². The molecule has 0 aromatic heterocycles. The molecular weight excluding hydrogens is 166 g/mol. The second-order valence-electron chi connectivity index (χ2n) is 4.29. The lowest BCUT2D eigenvalue weighted by Crippen LogP contribution is -2.33. The van der Waals surface area contributed by atoms with E-state index >= 15 is 0 Å². The minimum Gasteiger partial charge on any atom is -0.323 e. The monoisotopic (exact) mass is 185 g/mol. The quantitative estimate of drug-likeness (QED) is 0.539. The molecule has 0 saturated heterocycles. The molecular formula is C9H19NOSi. The molecule has 1 rings (SSSR count). The van der Waals surface area contributed by atoms with E-state index in [1.807, 2.05) is 0 Å². The molecule has 0 unspecified atom stereocenters. The van der Waals surface area contributed by atoms with Crippen molar-refractivity contribution in [2.75, 3.05) is 0 Å². The van der Waals surface area contributed by atoms with Crippen LogP contribution < -0.4 is 5.48 Å². The molecule has 0 aliphatic heterocycles. The van der Waals surface area contributed by atoms with Crippen LogP contribution in [0.25, 0.3) is 0 Å². The van der Waals surface area contributed by atoms with Crippen molar-refractivity contribution in [3.8, 4) is 0 Å². The normalized spacial score (nSPS) is 18.8. The van der Waals surface area contributed by atoms with Gasteiger partial charge < -0.3 is 4.53 Å². The second kappa shape index (κ2) is 4.10. The second-order valence-corrected chi connectivity index (χ2v) is 8.72. The molecule has 70 valence electrons. The van der Waals surface area contributed by atoms with E-state index in [1.54, 1.807) is 0 Å². The van der Waals surface area contributed by atoms with Crippen LogP contribution in [0.15, 0.2) is 11.8 Å². The zero-order valence-electron chi connectivity index (χ0n) is 8.31. The van der Waals surface area contributed by atoms with E-state index in [0.717, 1.165) is 6.42 Å². The number of hydroxylamine groups is 1. The van der Waals surface area contributed by atoms with Crippen molar-refractivity contribution in [2.45, 2.75) is 45.3 Å². The first-order valence-electron chi connectivity index (χ1n) is 4.71. The number of hydrogen-bond acceptors (Lipinski definition) is 2. The van der Waals surface area contributed by atoms with Crippen molar-refractivity contribution in [3.63, 3.8) is 0 Å². The standard InChI is InChI=1S/C9H19NOSi/c1-12(2,3)11-10-9-7-5-4-6-8-9/h7,10H,4-6,8H2,1-3H3. The van der Waals surface area contributed by atoms with Crippen LogP contribution in [-0.2, 0) is 4.53 Å². The summed E-state index contributed by atoms with van der Waals surface area (Å²) in [5.41, 5.74) is 4.37. The van der Waals surface area contributed by atoms with E-state index in [1.165, 1.54) is 25.0 Å². The highest BCUT2D eigenvalue weighted by molar-refractivity contribution is 6.69. The number of hydrogen-bond donors (Lipinski definition) is 1. The van der Waals surface area contributed by atoms with Gasteiger partial charge in [0, 0.05) is 5.70 Å². The first-order valence-corrected chi connectivity index (χ1v) is 8.12. The lowest BCUT2D eigenvalue weighted by Gasteiger charge is -2.21. The summed E-state index contributed by atoms with van der Waals surface area (Å²) in [7, 11) is -1.39. The zero-order valence-corrected chi connectivity index (χ0v) is 9.31. The Hall–Kier alpha value is -0.283.